The first-order chi connectivity index (χ1) is 7.92. The highest BCUT2D eigenvalue weighted by atomic mass is 16.5. The molecule has 1 atom stereocenters. The third-order valence-corrected chi connectivity index (χ3v) is 2.63. The van der Waals surface area contributed by atoms with E-state index in [1.165, 1.54) is 6.33 Å². The molecule has 1 aromatic heterocycles. The monoisotopic (exact) mass is 219 g/mol. The van der Waals surface area contributed by atoms with Gasteiger partial charge in [-0.2, -0.15) is 0 Å². The Morgan fingerprint density at radius 1 is 1.50 bits per heavy atom. The smallest absolute Gasteiger partial charge is 0.125 e. The summed E-state index contributed by atoms with van der Waals surface area (Å²) in [6.45, 7) is 1.40. The van der Waals surface area contributed by atoms with Gasteiger partial charge in [-0.25, -0.2) is 15.4 Å². The number of hydrogen-bond acceptors (Lipinski definition) is 6. The third-order valence-electron chi connectivity index (χ3n) is 2.63. The number of aromatic nitrogens is 2. The number of nitrogens with zero attached hydrogens (tertiary/aromatic N) is 4. The molecule has 0 aromatic carbocycles. The molecule has 0 saturated carbocycles. The Labute approximate surface area is 92.6 Å². The average Bonchev–Trinajstić information content (AvgIpc) is 2.82. The Morgan fingerprint density at radius 2 is 2.50 bits per heavy atom. The summed E-state index contributed by atoms with van der Waals surface area (Å²) < 4.78 is 5.50. The summed E-state index contributed by atoms with van der Waals surface area (Å²) in [6, 6.07) is 0. The van der Waals surface area contributed by atoms with Crippen molar-refractivity contribution in [2.45, 2.75) is 19.1 Å². The standard InChI is InChI=1S/C10H13N5O/c1-2-10(16-3-1)14-15-5-9-8(13-7-15)4-11-6-12-9/h4-6,10,14H,1-3,7H2. The quantitative estimate of drug-likeness (QED) is 0.673. The molecule has 84 valence electrons. The summed E-state index contributed by atoms with van der Waals surface area (Å²) in [6.07, 6.45) is 7.45. The predicted octanol–water partition coefficient (Wildman–Crippen LogP) is -1.25. The van der Waals surface area contributed by atoms with Gasteiger partial charge < -0.3 is 4.74 Å². The van der Waals surface area contributed by atoms with Crippen molar-refractivity contribution >= 4 is 6.20 Å². The molecule has 1 fully saturated rings. The van der Waals surface area contributed by atoms with E-state index in [1.54, 1.807) is 6.20 Å². The maximum absolute atomic E-state index is 5.50. The van der Waals surface area contributed by atoms with Gasteiger partial charge in [0, 0.05) is 12.8 Å². The maximum atomic E-state index is 5.50. The molecule has 0 radical (unpaired) electrons. The highest BCUT2D eigenvalue weighted by molar-refractivity contribution is 5.16. The van der Waals surface area contributed by atoms with Crippen LogP contribution in [0.5, 0.6) is 0 Å². The Morgan fingerprint density at radius 3 is 3.38 bits per heavy atom. The minimum Gasteiger partial charge on any atom is -0.362 e. The maximum Gasteiger partial charge on any atom is 0.125 e. The number of hydrogen-bond donors (Lipinski definition) is 1. The van der Waals surface area contributed by atoms with Crippen LogP contribution in [0.15, 0.2) is 17.5 Å². The molecule has 16 heavy (non-hydrogen) atoms. The average molecular weight is 219 g/mol. The van der Waals surface area contributed by atoms with Gasteiger partial charge in [0.15, 0.2) is 0 Å². The van der Waals surface area contributed by atoms with Gasteiger partial charge in [-0.1, -0.05) is 0 Å². The lowest BCUT2D eigenvalue weighted by molar-refractivity contribution is 0.0369. The van der Waals surface area contributed by atoms with Crippen molar-refractivity contribution in [3.05, 3.63) is 23.2 Å². The van der Waals surface area contributed by atoms with Crippen LogP contribution in [0, 0.1) is 0 Å². The first kappa shape index (κ1) is 9.68. The van der Waals surface area contributed by atoms with Crippen molar-refractivity contribution < 1.29 is 4.74 Å². The normalized spacial score (nSPS) is 23.5. The second kappa shape index (κ2) is 4.15. The number of rotatable bonds is 2. The molecule has 0 amide bonds. The van der Waals surface area contributed by atoms with Crippen molar-refractivity contribution in [1.82, 2.24) is 20.4 Å². The van der Waals surface area contributed by atoms with Crippen LogP contribution >= 0.6 is 0 Å². The van der Waals surface area contributed by atoms with Gasteiger partial charge in [-0.3, -0.25) is 10.0 Å². The molecular formula is C10H13N5O. The molecule has 1 saturated heterocycles. The summed E-state index contributed by atoms with van der Waals surface area (Å²) in [5, 5.41) is 3.59. The largest absolute Gasteiger partial charge is 0.362 e. The number of fused-ring (bicyclic) bond motifs is 1. The SMILES string of the molecule is C1=c2ncncc2=NCN1NC1CCCO1. The molecule has 0 aliphatic carbocycles. The van der Waals surface area contributed by atoms with Gasteiger partial charge >= 0.3 is 0 Å². The molecule has 2 aliphatic rings. The number of nitrogens with one attached hydrogen (secondary N) is 1. The summed E-state index contributed by atoms with van der Waals surface area (Å²) >= 11 is 0. The predicted molar refractivity (Wildman–Crippen MR) is 56.1 cm³/mol. The van der Waals surface area contributed by atoms with Crippen molar-refractivity contribution in [3.8, 4) is 0 Å². The molecule has 1 unspecified atom stereocenters. The summed E-state index contributed by atoms with van der Waals surface area (Å²) in [7, 11) is 0. The van der Waals surface area contributed by atoms with E-state index in [4.69, 9.17) is 4.74 Å². The van der Waals surface area contributed by atoms with E-state index in [0.29, 0.717) is 6.67 Å². The lowest BCUT2D eigenvalue weighted by Crippen LogP contribution is -2.47. The number of hydrazine groups is 1. The highest BCUT2D eigenvalue weighted by Gasteiger charge is 2.17. The van der Waals surface area contributed by atoms with E-state index >= 15 is 0 Å². The van der Waals surface area contributed by atoms with Gasteiger partial charge in [-0.15, -0.1) is 0 Å². The third kappa shape index (κ3) is 1.89. The van der Waals surface area contributed by atoms with Crippen molar-refractivity contribution in [1.29, 1.82) is 0 Å². The molecule has 1 N–H and O–H groups in total. The van der Waals surface area contributed by atoms with Crippen LogP contribution in [0.2, 0.25) is 0 Å². The Kier molecular flexibility index (Phi) is 2.51. The lowest BCUT2D eigenvalue weighted by Gasteiger charge is -2.24. The first-order valence-corrected chi connectivity index (χ1v) is 5.38. The fourth-order valence-electron chi connectivity index (χ4n) is 1.84. The fourth-order valence-corrected chi connectivity index (χ4v) is 1.84. The van der Waals surface area contributed by atoms with Crippen molar-refractivity contribution in [2.75, 3.05) is 13.3 Å². The van der Waals surface area contributed by atoms with Gasteiger partial charge in [-0.05, 0) is 12.8 Å². The topological polar surface area (TPSA) is 62.6 Å². The zero-order valence-electron chi connectivity index (χ0n) is 8.83. The van der Waals surface area contributed by atoms with Crippen LogP contribution in [0.1, 0.15) is 12.8 Å². The van der Waals surface area contributed by atoms with Crippen LogP contribution < -0.4 is 16.1 Å². The molecule has 3 heterocycles. The minimum absolute atomic E-state index is 0.106. The van der Waals surface area contributed by atoms with Gasteiger partial charge in [0.05, 0.1) is 6.20 Å². The zero-order valence-corrected chi connectivity index (χ0v) is 8.83. The lowest BCUT2D eigenvalue weighted by atomic mass is 10.3. The summed E-state index contributed by atoms with van der Waals surface area (Å²) in [5.74, 6) is 0. The molecular weight excluding hydrogens is 206 g/mol. The van der Waals surface area contributed by atoms with Crippen LogP contribution in [-0.2, 0) is 4.74 Å². The fraction of sp³-hybridized carbons (Fsp3) is 0.500. The van der Waals surface area contributed by atoms with E-state index in [0.717, 1.165) is 30.2 Å². The molecule has 6 nitrogen and oxygen atoms in total. The van der Waals surface area contributed by atoms with Crippen LogP contribution in [-0.4, -0.2) is 34.5 Å². The van der Waals surface area contributed by atoms with Crippen LogP contribution in [0.25, 0.3) is 6.20 Å². The first-order valence-electron chi connectivity index (χ1n) is 5.38. The molecule has 0 bridgehead atoms. The molecule has 6 heteroatoms. The Balaban J connectivity index is 1.78. The summed E-state index contributed by atoms with van der Waals surface area (Å²) in [5.41, 5.74) is 3.26. The van der Waals surface area contributed by atoms with Gasteiger partial charge in [0.25, 0.3) is 0 Å². The van der Waals surface area contributed by atoms with Crippen LogP contribution in [0.3, 0.4) is 0 Å². The van der Waals surface area contributed by atoms with Crippen molar-refractivity contribution in [3.63, 3.8) is 0 Å². The van der Waals surface area contributed by atoms with E-state index in [9.17, 15) is 0 Å². The minimum atomic E-state index is 0.106. The number of ether oxygens (including phenoxy) is 1. The summed E-state index contributed by atoms with van der Waals surface area (Å²) in [4.78, 5) is 12.5. The highest BCUT2D eigenvalue weighted by Crippen LogP contribution is 2.09. The zero-order chi connectivity index (χ0) is 10.8. The van der Waals surface area contributed by atoms with Crippen molar-refractivity contribution in [2.24, 2.45) is 4.99 Å². The Bertz CT molecular complexity index is 482. The molecule has 0 spiro atoms. The van der Waals surface area contributed by atoms with E-state index in [1.807, 2.05) is 11.2 Å². The molecule has 2 aliphatic heterocycles. The van der Waals surface area contributed by atoms with Gasteiger partial charge in [0.1, 0.15) is 29.9 Å². The van der Waals surface area contributed by atoms with Gasteiger partial charge in [0.2, 0.25) is 0 Å². The second-order valence-electron chi connectivity index (χ2n) is 3.82. The molecule has 1 aromatic rings. The van der Waals surface area contributed by atoms with E-state index in [-0.39, 0.29) is 6.23 Å². The Hall–Kier alpha value is -1.53. The van der Waals surface area contributed by atoms with E-state index < -0.39 is 0 Å². The van der Waals surface area contributed by atoms with E-state index in [2.05, 4.69) is 20.4 Å². The molecule has 3 rings (SSSR count). The van der Waals surface area contributed by atoms with Crippen LogP contribution in [0.4, 0.5) is 0 Å². The second-order valence-corrected chi connectivity index (χ2v) is 3.82.